The third-order valence-electron chi connectivity index (χ3n) is 3.59. The van der Waals surface area contributed by atoms with Crippen molar-refractivity contribution in [2.24, 2.45) is 5.92 Å². The first-order valence-corrected chi connectivity index (χ1v) is 8.37. The molecule has 0 spiro atoms. The number of amides is 1. The Morgan fingerprint density at radius 3 is 2.67 bits per heavy atom. The van der Waals surface area contributed by atoms with E-state index in [9.17, 15) is 13.2 Å². The zero-order valence-electron chi connectivity index (χ0n) is 11.5. The maximum Gasteiger partial charge on any atom is 0.226 e. The monoisotopic (exact) mass is 276 g/mol. The van der Waals surface area contributed by atoms with Crippen LogP contribution in [0.25, 0.3) is 0 Å². The lowest BCUT2D eigenvalue weighted by Gasteiger charge is -2.30. The fourth-order valence-electron chi connectivity index (χ4n) is 2.16. The van der Waals surface area contributed by atoms with Gasteiger partial charge in [0.1, 0.15) is 0 Å². The van der Waals surface area contributed by atoms with Crippen molar-refractivity contribution in [3.8, 4) is 0 Å². The van der Waals surface area contributed by atoms with Crippen LogP contribution in [0.3, 0.4) is 0 Å². The molecule has 0 radical (unpaired) electrons. The van der Waals surface area contributed by atoms with Gasteiger partial charge in [-0.1, -0.05) is 6.92 Å². The Morgan fingerprint density at radius 1 is 1.50 bits per heavy atom. The molecule has 0 saturated carbocycles. The standard InChI is InChI=1S/C12H24N2O3S/c1-4-18(16,17)9-10(2)14(3)12(15)11-6-5-7-13-8-11/h10-11,13H,4-9H2,1-3H3. The minimum absolute atomic E-state index is 0.00414. The average Bonchev–Trinajstić information content (AvgIpc) is 2.37. The number of nitrogens with one attached hydrogen (secondary N) is 1. The lowest BCUT2D eigenvalue weighted by atomic mass is 9.98. The molecule has 0 aliphatic carbocycles. The topological polar surface area (TPSA) is 66.5 Å². The van der Waals surface area contributed by atoms with Crippen molar-refractivity contribution in [3.63, 3.8) is 0 Å². The SMILES string of the molecule is CCS(=O)(=O)CC(C)N(C)C(=O)C1CCCNC1. The van der Waals surface area contributed by atoms with Gasteiger partial charge in [0.15, 0.2) is 9.84 Å². The molecule has 5 nitrogen and oxygen atoms in total. The van der Waals surface area contributed by atoms with E-state index in [1.807, 2.05) is 0 Å². The number of nitrogens with zero attached hydrogens (tertiary/aromatic N) is 1. The van der Waals surface area contributed by atoms with Crippen molar-refractivity contribution < 1.29 is 13.2 Å². The van der Waals surface area contributed by atoms with E-state index in [0.717, 1.165) is 19.4 Å². The van der Waals surface area contributed by atoms with Crippen molar-refractivity contribution in [2.75, 3.05) is 31.6 Å². The van der Waals surface area contributed by atoms with Gasteiger partial charge in [-0.2, -0.15) is 0 Å². The Kier molecular flexibility index (Phi) is 5.59. The molecular weight excluding hydrogens is 252 g/mol. The van der Waals surface area contributed by atoms with Crippen LogP contribution in [0.5, 0.6) is 0 Å². The van der Waals surface area contributed by atoms with Crippen molar-refractivity contribution in [1.29, 1.82) is 0 Å². The van der Waals surface area contributed by atoms with E-state index >= 15 is 0 Å². The summed E-state index contributed by atoms with van der Waals surface area (Å²) in [5.41, 5.74) is 0. The summed E-state index contributed by atoms with van der Waals surface area (Å²) in [7, 11) is -1.34. The number of rotatable bonds is 5. The van der Waals surface area contributed by atoms with E-state index in [4.69, 9.17) is 0 Å². The lowest BCUT2D eigenvalue weighted by Crippen LogP contribution is -2.46. The molecule has 1 fully saturated rings. The predicted octanol–water partition coefficient (Wildman–Crippen LogP) is 0.268. The summed E-state index contributed by atoms with van der Waals surface area (Å²) in [4.78, 5) is 13.8. The van der Waals surface area contributed by atoms with Crippen LogP contribution < -0.4 is 5.32 Å². The first-order valence-electron chi connectivity index (χ1n) is 6.55. The van der Waals surface area contributed by atoms with Crippen LogP contribution in [0.2, 0.25) is 0 Å². The van der Waals surface area contributed by atoms with Crippen LogP contribution >= 0.6 is 0 Å². The zero-order valence-corrected chi connectivity index (χ0v) is 12.3. The van der Waals surface area contributed by atoms with Crippen LogP contribution in [0.15, 0.2) is 0 Å². The van der Waals surface area contributed by atoms with E-state index in [0.29, 0.717) is 6.54 Å². The second kappa shape index (κ2) is 6.52. The highest BCUT2D eigenvalue weighted by Gasteiger charge is 2.28. The van der Waals surface area contributed by atoms with Gasteiger partial charge in [-0.05, 0) is 26.3 Å². The van der Waals surface area contributed by atoms with Crippen molar-refractivity contribution in [3.05, 3.63) is 0 Å². The Morgan fingerprint density at radius 2 is 2.17 bits per heavy atom. The van der Waals surface area contributed by atoms with E-state index in [1.165, 1.54) is 0 Å². The number of hydrogen-bond acceptors (Lipinski definition) is 4. The number of hydrogen-bond donors (Lipinski definition) is 1. The number of carbonyl (C=O) groups is 1. The third-order valence-corrected chi connectivity index (χ3v) is 5.46. The molecule has 1 saturated heterocycles. The molecule has 1 aliphatic rings. The minimum atomic E-state index is -3.04. The Labute approximate surface area is 110 Å². The maximum atomic E-state index is 12.2. The molecule has 1 amide bonds. The molecule has 106 valence electrons. The second-order valence-corrected chi connectivity index (χ2v) is 7.44. The van der Waals surface area contributed by atoms with Gasteiger partial charge in [0.05, 0.1) is 11.7 Å². The number of carbonyl (C=O) groups excluding carboxylic acids is 1. The molecule has 6 heteroatoms. The van der Waals surface area contributed by atoms with Crippen LogP contribution in [-0.2, 0) is 14.6 Å². The second-order valence-electron chi connectivity index (χ2n) is 5.04. The minimum Gasteiger partial charge on any atom is -0.342 e. The van der Waals surface area contributed by atoms with E-state index in [-0.39, 0.29) is 29.4 Å². The van der Waals surface area contributed by atoms with Gasteiger partial charge in [-0.3, -0.25) is 4.79 Å². The molecule has 1 N–H and O–H groups in total. The van der Waals surface area contributed by atoms with Crippen molar-refractivity contribution in [1.82, 2.24) is 10.2 Å². The zero-order chi connectivity index (χ0) is 13.8. The lowest BCUT2D eigenvalue weighted by molar-refractivity contribution is -0.136. The van der Waals surface area contributed by atoms with Gasteiger partial charge in [0.2, 0.25) is 5.91 Å². The summed E-state index contributed by atoms with van der Waals surface area (Å²) in [5.74, 6) is 0.229. The van der Waals surface area contributed by atoms with Gasteiger partial charge in [-0.25, -0.2) is 8.42 Å². The van der Waals surface area contributed by atoms with E-state index in [1.54, 1.807) is 25.8 Å². The molecule has 1 heterocycles. The number of piperidine rings is 1. The molecule has 2 atom stereocenters. The van der Waals surface area contributed by atoms with Gasteiger partial charge in [0.25, 0.3) is 0 Å². The van der Waals surface area contributed by atoms with Crippen molar-refractivity contribution in [2.45, 2.75) is 32.7 Å². The smallest absolute Gasteiger partial charge is 0.226 e. The molecule has 18 heavy (non-hydrogen) atoms. The Balaban J connectivity index is 2.57. The summed E-state index contributed by atoms with van der Waals surface area (Å²) in [6.07, 6.45) is 1.90. The Hall–Kier alpha value is -0.620. The summed E-state index contributed by atoms with van der Waals surface area (Å²) in [6, 6.07) is -0.260. The van der Waals surface area contributed by atoms with Crippen molar-refractivity contribution >= 4 is 15.7 Å². The molecule has 1 rings (SSSR count). The highest BCUT2D eigenvalue weighted by atomic mass is 32.2. The largest absolute Gasteiger partial charge is 0.342 e. The first-order chi connectivity index (χ1) is 8.37. The van der Waals surface area contributed by atoms with Gasteiger partial charge >= 0.3 is 0 Å². The first kappa shape index (κ1) is 15.4. The van der Waals surface area contributed by atoms with Crippen LogP contribution in [0.4, 0.5) is 0 Å². The highest BCUT2D eigenvalue weighted by molar-refractivity contribution is 7.91. The fourth-order valence-corrected chi connectivity index (χ4v) is 3.36. The molecule has 0 aromatic rings. The molecule has 1 aliphatic heterocycles. The van der Waals surface area contributed by atoms with E-state index in [2.05, 4.69) is 5.32 Å². The third kappa shape index (κ3) is 4.24. The van der Waals surface area contributed by atoms with Crippen LogP contribution in [-0.4, -0.2) is 56.9 Å². The summed E-state index contributed by atoms with van der Waals surface area (Å²) >= 11 is 0. The number of sulfone groups is 1. The van der Waals surface area contributed by atoms with E-state index < -0.39 is 9.84 Å². The van der Waals surface area contributed by atoms with Gasteiger partial charge in [-0.15, -0.1) is 0 Å². The van der Waals surface area contributed by atoms with Gasteiger partial charge < -0.3 is 10.2 Å². The summed E-state index contributed by atoms with van der Waals surface area (Å²) in [6.45, 7) is 5.10. The van der Waals surface area contributed by atoms with Gasteiger partial charge in [0, 0.05) is 25.4 Å². The molecule has 0 aromatic carbocycles. The normalized spacial score (nSPS) is 22.5. The molecule has 0 aromatic heterocycles. The summed E-state index contributed by atoms with van der Waals surface area (Å²) < 4.78 is 23.1. The van der Waals surface area contributed by atoms with Crippen LogP contribution in [0.1, 0.15) is 26.7 Å². The molecule has 2 unspecified atom stereocenters. The average molecular weight is 276 g/mol. The Bertz CT molecular complexity index is 375. The quantitative estimate of drug-likeness (QED) is 0.782. The molecule has 0 bridgehead atoms. The van der Waals surface area contributed by atoms with Crippen LogP contribution in [0, 0.1) is 5.92 Å². The highest BCUT2D eigenvalue weighted by Crippen LogP contribution is 2.14. The molecular formula is C12H24N2O3S. The predicted molar refractivity (Wildman–Crippen MR) is 72.2 cm³/mol. The maximum absolute atomic E-state index is 12.2. The fraction of sp³-hybridized carbons (Fsp3) is 0.917. The summed E-state index contributed by atoms with van der Waals surface area (Å²) in [5, 5.41) is 3.20.